The fourth-order valence-electron chi connectivity index (χ4n) is 2.29. The highest BCUT2D eigenvalue weighted by Crippen LogP contribution is 2.26. The zero-order chi connectivity index (χ0) is 10.3. The Balaban J connectivity index is 2.19. The fourth-order valence-corrected chi connectivity index (χ4v) is 2.29. The smallest absolute Gasteiger partial charge is 0.209 e. The summed E-state index contributed by atoms with van der Waals surface area (Å²) in [6, 6.07) is 4.29. The molecule has 0 radical (unpaired) electrons. The van der Waals surface area contributed by atoms with Crippen molar-refractivity contribution in [3.05, 3.63) is 29.2 Å². The molecule has 15 heavy (non-hydrogen) atoms. The summed E-state index contributed by atoms with van der Waals surface area (Å²) in [6.07, 6.45) is 4.93. The number of fused-ring (bicyclic) bond motifs is 2. The second-order valence-corrected chi connectivity index (χ2v) is 4.11. The van der Waals surface area contributed by atoms with E-state index < -0.39 is 0 Å². The first-order valence-corrected chi connectivity index (χ1v) is 5.48. The zero-order valence-electron chi connectivity index (χ0n) is 8.62. The predicted molar refractivity (Wildman–Crippen MR) is 58.5 cm³/mol. The Bertz CT molecular complexity index is 459. The Hall–Kier alpha value is -1.35. The third-order valence-electron chi connectivity index (χ3n) is 3.07. The maximum Gasteiger partial charge on any atom is 0.209 e. The zero-order valence-corrected chi connectivity index (χ0v) is 8.62. The molecule has 1 aromatic carbocycles. The normalized spacial score (nSPS) is 15.5. The predicted octanol–water partition coefficient (Wildman–Crippen LogP) is 2.17. The van der Waals surface area contributed by atoms with Gasteiger partial charge in [0.1, 0.15) is 5.52 Å². The van der Waals surface area contributed by atoms with Crippen LogP contribution in [0.3, 0.4) is 0 Å². The van der Waals surface area contributed by atoms with Crippen molar-refractivity contribution in [3.8, 4) is 0 Å². The molecular formula is C12H14N2O. The van der Waals surface area contributed by atoms with Gasteiger partial charge in [0.05, 0.1) is 6.54 Å². The van der Waals surface area contributed by atoms with E-state index in [4.69, 9.17) is 10.2 Å². The Morgan fingerprint density at radius 2 is 1.93 bits per heavy atom. The topological polar surface area (TPSA) is 52.0 Å². The molecule has 3 rings (SSSR count). The van der Waals surface area contributed by atoms with Crippen LogP contribution in [0.15, 0.2) is 16.5 Å². The van der Waals surface area contributed by atoms with Gasteiger partial charge >= 0.3 is 0 Å². The van der Waals surface area contributed by atoms with Crippen LogP contribution < -0.4 is 5.73 Å². The van der Waals surface area contributed by atoms with Crippen LogP contribution in [-0.4, -0.2) is 4.98 Å². The molecule has 0 aliphatic heterocycles. The largest absolute Gasteiger partial charge is 0.439 e. The number of aryl methyl sites for hydroxylation is 2. The number of nitrogens with zero attached hydrogens (tertiary/aromatic N) is 1. The molecule has 0 fully saturated rings. The first kappa shape index (κ1) is 8.92. The minimum Gasteiger partial charge on any atom is -0.439 e. The number of hydrogen-bond donors (Lipinski definition) is 1. The van der Waals surface area contributed by atoms with Crippen LogP contribution in [0.1, 0.15) is 29.9 Å². The molecule has 0 saturated carbocycles. The van der Waals surface area contributed by atoms with E-state index in [2.05, 4.69) is 17.1 Å². The van der Waals surface area contributed by atoms with E-state index in [1.54, 1.807) is 0 Å². The van der Waals surface area contributed by atoms with Crippen molar-refractivity contribution in [2.75, 3.05) is 0 Å². The molecule has 2 aromatic rings. The van der Waals surface area contributed by atoms with Crippen molar-refractivity contribution in [2.24, 2.45) is 5.73 Å². The summed E-state index contributed by atoms with van der Waals surface area (Å²) < 4.78 is 5.55. The van der Waals surface area contributed by atoms with Crippen molar-refractivity contribution >= 4 is 11.1 Å². The monoisotopic (exact) mass is 202 g/mol. The van der Waals surface area contributed by atoms with E-state index in [-0.39, 0.29) is 0 Å². The van der Waals surface area contributed by atoms with Crippen LogP contribution in [0, 0.1) is 0 Å². The molecule has 0 bridgehead atoms. The third-order valence-corrected chi connectivity index (χ3v) is 3.07. The van der Waals surface area contributed by atoms with E-state index in [0.717, 1.165) is 11.1 Å². The second kappa shape index (κ2) is 3.35. The fraction of sp³-hybridized carbons (Fsp3) is 0.417. The van der Waals surface area contributed by atoms with Gasteiger partial charge in [0, 0.05) is 0 Å². The van der Waals surface area contributed by atoms with Gasteiger partial charge in [-0.25, -0.2) is 4.98 Å². The highest BCUT2D eigenvalue weighted by molar-refractivity contribution is 5.75. The Kier molecular flexibility index (Phi) is 1.99. The van der Waals surface area contributed by atoms with Crippen LogP contribution >= 0.6 is 0 Å². The molecule has 0 amide bonds. The van der Waals surface area contributed by atoms with Crippen LogP contribution in [0.2, 0.25) is 0 Å². The molecule has 0 atom stereocenters. The van der Waals surface area contributed by atoms with Crippen LogP contribution in [0.4, 0.5) is 0 Å². The molecule has 0 spiro atoms. The molecule has 1 aliphatic carbocycles. The maximum absolute atomic E-state index is 5.55. The van der Waals surface area contributed by atoms with Gasteiger partial charge in [-0.15, -0.1) is 0 Å². The van der Waals surface area contributed by atoms with Gasteiger partial charge in [-0.2, -0.15) is 0 Å². The summed E-state index contributed by atoms with van der Waals surface area (Å²) in [6.45, 7) is 0.374. The van der Waals surface area contributed by atoms with Gasteiger partial charge in [0.25, 0.3) is 0 Å². The Morgan fingerprint density at radius 3 is 2.67 bits per heavy atom. The van der Waals surface area contributed by atoms with E-state index in [0.29, 0.717) is 12.4 Å². The molecule has 2 N–H and O–H groups in total. The number of benzene rings is 1. The van der Waals surface area contributed by atoms with E-state index in [1.807, 2.05) is 0 Å². The SMILES string of the molecule is NCc1nc2cc3c(cc2o1)CCCC3. The van der Waals surface area contributed by atoms with Gasteiger partial charge < -0.3 is 10.2 Å². The summed E-state index contributed by atoms with van der Waals surface area (Å²) in [5.74, 6) is 0.632. The van der Waals surface area contributed by atoms with Gasteiger partial charge in [0.15, 0.2) is 5.58 Å². The summed E-state index contributed by atoms with van der Waals surface area (Å²) in [7, 11) is 0. The van der Waals surface area contributed by atoms with Crippen molar-refractivity contribution in [1.29, 1.82) is 0 Å². The average molecular weight is 202 g/mol. The first-order chi connectivity index (χ1) is 7.36. The maximum atomic E-state index is 5.55. The van der Waals surface area contributed by atoms with Gasteiger partial charge in [-0.1, -0.05) is 0 Å². The van der Waals surface area contributed by atoms with Crippen LogP contribution in [-0.2, 0) is 19.4 Å². The van der Waals surface area contributed by atoms with E-state index in [1.165, 1.54) is 36.8 Å². The molecule has 1 heterocycles. The van der Waals surface area contributed by atoms with Crippen molar-refractivity contribution in [1.82, 2.24) is 4.98 Å². The highest BCUT2D eigenvalue weighted by atomic mass is 16.3. The summed E-state index contributed by atoms with van der Waals surface area (Å²) in [5.41, 5.74) is 10.2. The first-order valence-electron chi connectivity index (χ1n) is 5.48. The molecule has 3 nitrogen and oxygen atoms in total. The number of nitrogens with two attached hydrogens (primary N) is 1. The van der Waals surface area contributed by atoms with Gasteiger partial charge in [-0.3, -0.25) is 0 Å². The number of aromatic nitrogens is 1. The van der Waals surface area contributed by atoms with Crippen molar-refractivity contribution in [3.63, 3.8) is 0 Å². The minimum atomic E-state index is 0.374. The molecular weight excluding hydrogens is 188 g/mol. The second-order valence-electron chi connectivity index (χ2n) is 4.11. The molecule has 1 aliphatic rings. The Morgan fingerprint density at radius 1 is 1.20 bits per heavy atom. The van der Waals surface area contributed by atoms with Crippen LogP contribution in [0.5, 0.6) is 0 Å². The molecule has 3 heteroatoms. The van der Waals surface area contributed by atoms with Gasteiger partial charge in [-0.05, 0) is 48.9 Å². The molecule has 0 saturated heterocycles. The summed E-state index contributed by atoms with van der Waals surface area (Å²) >= 11 is 0. The Labute approximate surface area is 88.3 Å². The molecule has 78 valence electrons. The lowest BCUT2D eigenvalue weighted by atomic mass is 9.91. The standard InChI is InChI=1S/C12H14N2O/c13-7-12-14-10-5-8-3-1-2-4-9(8)6-11(10)15-12/h5-6H,1-4,7,13H2. The number of oxazole rings is 1. The summed E-state index contributed by atoms with van der Waals surface area (Å²) in [4.78, 5) is 4.35. The third kappa shape index (κ3) is 1.43. The molecule has 0 unspecified atom stereocenters. The number of rotatable bonds is 1. The minimum absolute atomic E-state index is 0.374. The van der Waals surface area contributed by atoms with Crippen molar-refractivity contribution < 1.29 is 4.42 Å². The quantitative estimate of drug-likeness (QED) is 0.771. The van der Waals surface area contributed by atoms with Gasteiger partial charge in [0.2, 0.25) is 5.89 Å². The lowest BCUT2D eigenvalue weighted by Gasteiger charge is -2.14. The summed E-state index contributed by atoms with van der Waals surface area (Å²) in [5, 5.41) is 0. The highest BCUT2D eigenvalue weighted by Gasteiger charge is 2.13. The average Bonchev–Trinajstić information content (AvgIpc) is 2.67. The molecule has 1 aromatic heterocycles. The van der Waals surface area contributed by atoms with Crippen LogP contribution in [0.25, 0.3) is 11.1 Å². The lowest BCUT2D eigenvalue weighted by Crippen LogP contribution is -2.01. The number of hydrogen-bond acceptors (Lipinski definition) is 3. The van der Waals surface area contributed by atoms with Crippen molar-refractivity contribution in [2.45, 2.75) is 32.2 Å². The van der Waals surface area contributed by atoms with E-state index in [9.17, 15) is 0 Å². The van der Waals surface area contributed by atoms with E-state index >= 15 is 0 Å². The lowest BCUT2D eigenvalue weighted by molar-refractivity contribution is 0.532.